The minimum atomic E-state index is -1.01. The Labute approximate surface area is 109 Å². The number of hydrogen-bond donors (Lipinski definition) is 3. The number of nitrogens with one attached hydrogen (secondary N) is 2. The van der Waals surface area contributed by atoms with E-state index >= 15 is 0 Å². The minimum Gasteiger partial charge on any atom is -0.480 e. The number of amides is 2. The van der Waals surface area contributed by atoms with Crippen molar-refractivity contribution in [1.82, 2.24) is 15.6 Å². The zero-order valence-corrected chi connectivity index (χ0v) is 11.2. The molecule has 0 fully saturated rings. The molecule has 7 heteroatoms. The van der Waals surface area contributed by atoms with Gasteiger partial charge in [-0.25, -0.2) is 14.6 Å². The van der Waals surface area contributed by atoms with Crippen molar-refractivity contribution in [3.63, 3.8) is 0 Å². The van der Waals surface area contributed by atoms with Crippen molar-refractivity contribution < 1.29 is 14.7 Å². The molecule has 1 aromatic rings. The zero-order valence-electron chi connectivity index (χ0n) is 10.4. The maximum absolute atomic E-state index is 11.5. The van der Waals surface area contributed by atoms with Gasteiger partial charge in [0.2, 0.25) is 0 Å². The Kier molecular flexibility index (Phi) is 5.57. The summed E-state index contributed by atoms with van der Waals surface area (Å²) in [4.78, 5) is 27.4. The molecule has 0 spiro atoms. The van der Waals surface area contributed by atoms with E-state index in [1.165, 1.54) is 11.3 Å². The molecular weight excluding hydrogens is 254 g/mol. The summed E-state index contributed by atoms with van der Waals surface area (Å²) in [6, 6.07) is -1.30. The number of aliphatic carboxylic acids is 1. The van der Waals surface area contributed by atoms with E-state index in [1.54, 1.807) is 5.51 Å². The fourth-order valence-electron chi connectivity index (χ4n) is 1.41. The third-order valence-corrected chi connectivity index (χ3v) is 3.37. The van der Waals surface area contributed by atoms with E-state index in [9.17, 15) is 9.59 Å². The highest BCUT2D eigenvalue weighted by atomic mass is 32.1. The Bertz CT molecular complexity index is 419. The van der Waals surface area contributed by atoms with E-state index in [4.69, 9.17) is 5.11 Å². The molecule has 1 aromatic heterocycles. The minimum absolute atomic E-state index is 0.362. The smallest absolute Gasteiger partial charge is 0.326 e. The van der Waals surface area contributed by atoms with Gasteiger partial charge in [0.1, 0.15) is 6.04 Å². The molecule has 3 N–H and O–H groups in total. The Morgan fingerprint density at radius 2 is 2.28 bits per heavy atom. The molecule has 1 atom stereocenters. The second-order valence-corrected chi connectivity index (χ2v) is 4.81. The number of carboxylic acids is 1. The second-order valence-electron chi connectivity index (χ2n) is 3.87. The molecule has 2 amide bonds. The molecule has 1 heterocycles. The van der Waals surface area contributed by atoms with E-state index in [0.717, 1.165) is 10.6 Å². The van der Waals surface area contributed by atoms with Gasteiger partial charge in [0.25, 0.3) is 0 Å². The Morgan fingerprint density at radius 3 is 2.78 bits per heavy atom. The monoisotopic (exact) mass is 271 g/mol. The zero-order chi connectivity index (χ0) is 13.5. The van der Waals surface area contributed by atoms with Crippen LogP contribution in [-0.2, 0) is 11.3 Å². The number of carboxylic acid groups (broad SMARTS) is 1. The number of aromatic nitrogens is 1. The Hall–Kier alpha value is -1.63. The van der Waals surface area contributed by atoms with Crippen molar-refractivity contribution in [3.05, 3.63) is 16.1 Å². The van der Waals surface area contributed by atoms with Crippen LogP contribution in [0, 0.1) is 6.92 Å². The molecule has 0 radical (unpaired) electrons. The second kappa shape index (κ2) is 6.95. The number of aryl methyl sites for hydroxylation is 1. The van der Waals surface area contributed by atoms with Gasteiger partial charge in [-0.05, 0) is 13.3 Å². The first-order chi connectivity index (χ1) is 8.54. The van der Waals surface area contributed by atoms with Crippen LogP contribution < -0.4 is 10.6 Å². The van der Waals surface area contributed by atoms with Crippen LogP contribution in [0.15, 0.2) is 5.51 Å². The third kappa shape index (κ3) is 4.33. The molecule has 0 saturated heterocycles. The van der Waals surface area contributed by atoms with Crippen LogP contribution in [0.5, 0.6) is 0 Å². The maximum Gasteiger partial charge on any atom is 0.326 e. The predicted molar refractivity (Wildman–Crippen MR) is 68.6 cm³/mol. The summed E-state index contributed by atoms with van der Waals surface area (Å²) in [5, 5.41) is 14.0. The molecule has 0 bridgehead atoms. The Balaban J connectivity index is 2.41. The lowest BCUT2D eigenvalue weighted by molar-refractivity contribution is -0.139. The normalized spacial score (nSPS) is 11.9. The van der Waals surface area contributed by atoms with Crippen molar-refractivity contribution in [2.75, 3.05) is 0 Å². The van der Waals surface area contributed by atoms with Gasteiger partial charge in [0, 0.05) is 4.88 Å². The van der Waals surface area contributed by atoms with Crippen LogP contribution in [0.4, 0.5) is 4.79 Å². The number of urea groups is 1. The summed E-state index contributed by atoms with van der Waals surface area (Å²) in [5.74, 6) is -1.01. The first kappa shape index (κ1) is 14.4. The van der Waals surface area contributed by atoms with Crippen molar-refractivity contribution in [2.24, 2.45) is 0 Å². The topological polar surface area (TPSA) is 91.3 Å². The fourth-order valence-corrected chi connectivity index (χ4v) is 2.13. The van der Waals surface area contributed by atoms with E-state index in [-0.39, 0.29) is 0 Å². The summed E-state index contributed by atoms with van der Waals surface area (Å²) < 4.78 is 0. The number of hydrogen-bond acceptors (Lipinski definition) is 4. The SMILES string of the molecule is CCCC(NC(=O)NCc1scnc1C)C(=O)O. The number of thiazole rings is 1. The molecule has 18 heavy (non-hydrogen) atoms. The lowest BCUT2D eigenvalue weighted by Gasteiger charge is -2.14. The summed E-state index contributed by atoms with van der Waals surface area (Å²) in [5.41, 5.74) is 2.59. The number of carbonyl (C=O) groups excluding carboxylic acids is 1. The lowest BCUT2D eigenvalue weighted by atomic mass is 10.2. The first-order valence-electron chi connectivity index (χ1n) is 5.70. The summed E-state index contributed by atoms with van der Waals surface area (Å²) in [6.07, 6.45) is 1.12. The number of rotatable bonds is 6. The van der Waals surface area contributed by atoms with Gasteiger partial charge in [-0.15, -0.1) is 11.3 Å². The fraction of sp³-hybridized carbons (Fsp3) is 0.545. The van der Waals surface area contributed by atoms with E-state index in [0.29, 0.717) is 19.4 Å². The maximum atomic E-state index is 11.5. The summed E-state index contributed by atoms with van der Waals surface area (Å²) >= 11 is 1.46. The third-order valence-electron chi connectivity index (χ3n) is 2.44. The molecule has 0 aromatic carbocycles. The quantitative estimate of drug-likeness (QED) is 0.731. The van der Waals surface area contributed by atoms with Gasteiger partial charge in [0.05, 0.1) is 17.7 Å². The largest absolute Gasteiger partial charge is 0.480 e. The molecule has 6 nitrogen and oxygen atoms in total. The van der Waals surface area contributed by atoms with Crippen LogP contribution in [0.3, 0.4) is 0 Å². The number of nitrogens with zero attached hydrogens (tertiary/aromatic N) is 1. The van der Waals surface area contributed by atoms with Gasteiger partial charge in [0.15, 0.2) is 0 Å². The van der Waals surface area contributed by atoms with Gasteiger partial charge in [-0.1, -0.05) is 13.3 Å². The van der Waals surface area contributed by atoms with Crippen LogP contribution in [-0.4, -0.2) is 28.1 Å². The lowest BCUT2D eigenvalue weighted by Crippen LogP contribution is -2.45. The molecular formula is C11H17N3O3S. The van der Waals surface area contributed by atoms with Crippen molar-refractivity contribution in [1.29, 1.82) is 0 Å². The van der Waals surface area contributed by atoms with Gasteiger partial charge in [-0.3, -0.25) is 0 Å². The summed E-state index contributed by atoms with van der Waals surface area (Å²) in [6.45, 7) is 4.10. The van der Waals surface area contributed by atoms with Crippen molar-refractivity contribution in [2.45, 2.75) is 39.3 Å². The predicted octanol–water partition coefficient (Wildman–Crippen LogP) is 1.50. The van der Waals surface area contributed by atoms with E-state index < -0.39 is 18.0 Å². The number of carbonyl (C=O) groups is 2. The van der Waals surface area contributed by atoms with Crippen LogP contribution >= 0.6 is 11.3 Å². The highest BCUT2D eigenvalue weighted by Crippen LogP contribution is 2.11. The van der Waals surface area contributed by atoms with Gasteiger partial charge >= 0.3 is 12.0 Å². The molecule has 0 aliphatic carbocycles. The summed E-state index contributed by atoms with van der Waals surface area (Å²) in [7, 11) is 0. The van der Waals surface area contributed by atoms with Crippen molar-refractivity contribution in [3.8, 4) is 0 Å². The van der Waals surface area contributed by atoms with Crippen LogP contribution in [0.2, 0.25) is 0 Å². The first-order valence-corrected chi connectivity index (χ1v) is 6.58. The average Bonchev–Trinajstić information content (AvgIpc) is 2.71. The highest BCUT2D eigenvalue weighted by Gasteiger charge is 2.18. The highest BCUT2D eigenvalue weighted by molar-refractivity contribution is 7.09. The standard InChI is InChI=1S/C11H17N3O3S/c1-3-4-8(10(15)16)14-11(17)12-5-9-7(2)13-6-18-9/h6,8H,3-5H2,1-2H3,(H,15,16)(H2,12,14,17). The molecule has 100 valence electrons. The average molecular weight is 271 g/mol. The molecule has 0 aliphatic rings. The van der Waals surface area contributed by atoms with Gasteiger partial charge < -0.3 is 15.7 Å². The molecule has 0 saturated carbocycles. The molecule has 0 aliphatic heterocycles. The molecule has 1 rings (SSSR count). The van der Waals surface area contributed by atoms with Gasteiger partial charge in [-0.2, -0.15) is 0 Å². The van der Waals surface area contributed by atoms with E-state index in [2.05, 4.69) is 15.6 Å². The molecule has 1 unspecified atom stereocenters. The van der Waals surface area contributed by atoms with Crippen LogP contribution in [0.1, 0.15) is 30.3 Å². The van der Waals surface area contributed by atoms with Crippen molar-refractivity contribution >= 4 is 23.3 Å². The van der Waals surface area contributed by atoms with Crippen LogP contribution in [0.25, 0.3) is 0 Å². The Morgan fingerprint density at radius 1 is 1.56 bits per heavy atom. The van der Waals surface area contributed by atoms with E-state index in [1.807, 2.05) is 13.8 Å².